The smallest absolute Gasteiger partial charge is 0.346 e. The molecule has 4 rings (SSSR count). The summed E-state index contributed by atoms with van der Waals surface area (Å²) in [7, 11) is 2.73. The number of nitrogens with zero attached hydrogens (tertiary/aromatic N) is 1. The second kappa shape index (κ2) is 8.39. The molecule has 1 heterocycles. The Morgan fingerprint density at radius 3 is 2.31 bits per heavy atom. The molecule has 0 saturated heterocycles. The number of benzene rings is 3. The highest BCUT2D eigenvalue weighted by Gasteiger charge is 2.68. The van der Waals surface area contributed by atoms with Gasteiger partial charge < -0.3 is 19.5 Å². The fraction of sp³-hybridized carbons (Fsp3) is 0.200. The van der Waals surface area contributed by atoms with Crippen LogP contribution in [0, 0.1) is 0 Å². The summed E-state index contributed by atoms with van der Waals surface area (Å²) < 4.78 is 11.4. The molecule has 1 N–H and O–H groups in total. The number of anilines is 1. The molecule has 0 saturated carbocycles. The molecule has 1 aliphatic rings. The third kappa shape index (κ3) is 3.19. The maximum Gasteiger partial charge on any atom is 0.346 e. The average Bonchev–Trinajstić information content (AvgIpc) is 3.03. The van der Waals surface area contributed by atoms with Crippen LogP contribution in [0.2, 0.25) is 5.02 Å². The van der Waals surface area contributed by atoms with Gasteiger partial charge >= 0.3 is 5.97 Å². The molecule has 0 radical (unpaired) electrons. The van der Waals surface area contributed by atoms with E-state index in [0.717, 1.165) is 5.56 Å². The first-order valence-corrected chi connectivity index (χ1v) is 10.4. The molecule has 3 aromatic carbocycles. The van der Waals surface area contributed by atoms with Gasteiger partial charge in [0.05, 0.1) is 19.4 Å². The lowest BCUT2D eigenvalue weighted by Gasteiger charge is -2.41. The first-order chi connectivity index (χ1) is 15.4. The van der Waals surface area contributed by atoms with Crippen LogP contribution < -0.4 is 4.90 Å². The Hall–Kier alpha value is -3.19. The van der Waals surface area contributed by atoms with E-state index >= 15 is 0 Å². The van der Waals surface area contributed by atoms with E-state index < -0.39 is 23.1 Å². The van der Waals surface area contributed by atoms with Gasteiger partial charge in [0, 0.05) is 17.6 Å². The average molecular weight is 452 g/mol. The zero-order valence-electron chi connectivity index (χ0n) is 17.6. The van der Waals surface area contributed by atoms with Crippen molar-refractivity contribution in [3.63, 3.8) is 0 Å². The van der Waals surface area contributed by atoms with E-state index in [2.05, 4.69) is 0 Å². The highest BCUT2D eigenvalue weighted by Crippen LogP contribution is 2.52. The van der Waals surface area contributed by atoms with E-state index in [1.807, 2.05) is 30.3 Å². The lowest BCUT2D eigenvalue weighted by molar-refractivity contribution is -0.220. The normalized spacial score (nSPS) is 19.4. The highest BCUT2D eigenvalue weighted by molar-refractivity contribution is 6.30. The molecular weight excluding hydrogens is 430 g/mol. The Balaban J connectivity index is 1.99. The first-order valence-electron chi connectivity index (χ1n) is 9.98. The first kappa shape index (κ1) is 22.0. The minimum atomic E-state index is -2.38. The molecule has 0 aliphatic carbocycles. The summed E-state index contributed by atoms with van der Waals surface area (Å²) in [4.78, 5) is 28.4. The Morgan fingerprint density at radius 1 is 1.03 bits per heavy atom. The number of aliphatic hydroxyl groups is 1. The van der Waals surface area contributed by atoms with Gasteiger partial charge in [0.1, 0.15) is 0 Å². The number of carbonyl (C=O) groups excluding carboxylic acids is 2. The number of amides is 1. The van der Waals surface area contributed by atoms with Crippen molar-refractivity contribution in [1.82, 2.24) is 0 Å². The van der Waals surface area contributed by atoms with Gasteiger partial charge in [-0.25, -0.2) is 4.79 Å². The molecule has 1 aliphatic heterocycles. The van der Waals surface area contributed by atoms with Gasteiger partial charge in [0.15, 0.2) is 0 Å². The molecule has 32 heavy (non-hydrogen) atoms. The summed E-state index contributed by atoms with van der Waals surface area (Å²) in [6, 6.07) is 22.2. The van der Waals surface area contributed by atoms with Crippen LogP contribution in [0.5, 0.6) is 0 Å². The van der Waals surface area contributed by atoms with Gasteiger partial charge in [-0.2, -0.15) is 0 Å². The zero-order valence-corrected chi connectivity index (χ0v) is 18.4. The summed E-state index contributed by atoms with van der Waals surface area (Å²) >= 11 is 6.08. The van der Waals surface area contributed by atoms with Crippen LogP contribution in [-0.2, 0) is 36.9 Å². The van der Waals surface area contributed by atoms with Crippen LogP contribution in [0.25, 0.3) is 0 Å². The fourth-order valence-electron chi connectivity index (χ4n) is 4.19. The van der Waals surface area contributed by atoms with Crippen molar-refractivity contribution in [2.45, 2.75) is 17.8 Å². The SMILES string of the molecule is COC(=O)[C@@](OCc1ccccc1)(c1ccc(Cl)cc1)[C@]1(O)C(=O)N(C)c2ccccc21. The molecule has 0 spiro atoms. The van der Waals surface area contributed by atoms with Crippen LogP contribution in [0.4, 0.5) is 5.69 Å². The van der Waals surface area contributed by atoms with Crippen molar-refractivity contribution < 1.29 is 24.2 Å². The van der Waals surface area contributed by atoms with E-state index in [1.54, 1.807) is 55.6 Å². The summed E-state index contributed by atoms with van der Waals surface area (Å²) in [5.41, 5.74) is -2.85. The number of ether oxygens (including phenoxy) is 2. The topological polar surface area (TPSA) is 76.1 Å². The number of rotatable bonds is 6. The molecular formula is C25H22ClNO5. The molecule has 0 unspecified atom stereocenters. The Morgan fingerprint density at radius 2 is 1.66 bits per heavy atom. The Bertz CT molecular complexity index is 1150. The minimum absolute atomic E-state index is 0.0555. The molecule has 2 atom stereocenters. The lowest BCUT2D eigenvalue weighted by Crippen LogP contribution is -2.61. The van der Waals surface area contributed by atoms with Gasteiger partial charge in [-0.05, 0) is 29.3 Å². The van der Waals surface area contributed by atoms with E-state index in [9.17, 15) is 14.7 Å². The maximum absolute atomic E-state index is 13.6. The third-order valence-electron chi connectivity index (χ3n) is 5.80. The van der Waals surface area contributed by atoms with Gasteiger partial charge in [0.2, 0.25) is 11.2 Å². The second-order valence-electron chi connectivity index (χ2n) is 7.55. The number of hydrogen-bond acceptors (Lipinski definition) is 5. The summed E-state index contributed by atoms with van der Waals surface area (Å²) in [6.07, 6.45) is 0. The van der Waals surface area contributed by atoms with Crippen LogP contribution in [0.1, 0.15) is 16.7 Å². The van der Waals surface area contributed by atoms with Crippen LogP contribution in [-0.4, -0.2) is 31.1 Å². The van der Waals surface area contributed by atoms with Crippen molar-refractivity contribution in [2.75, 3.05) is 19.1 Å². The van der Waals surface area contributed by atoms with Crippen molar-refractivity contribution >= 4 is 29.2 Å². The minimum Gasteiger partial charge on any atom is -0.467 e. The maximum atomic E-state index is 13.6. The summed E-state index contributed by atoms with van der Waals surface area (Å²) in [6.45, 7) is -0.0555. The molecule has 0 fully saturated rings. The number of methoxy groups -OCH3 is 1. The standard InChI is InChI=1S/C25H22ClNO5/c1-27-21-11-7-6-10-20(21)24(30,22(27)28)25(23(29)31-2,18-12-14-19(26)15-13-18)32-16-17-8-4-3-5-9-17/h3-15,30H,16H2,1-2H3/t24-,25+/m1/s1. The molecule has 6 nitrogen and oxygen atoms in total. The van der Waals surface area contributed by atoms with Crippen molar-refractivity contribution in [2.24, 2.45) is 0 Å². The second-order valence-corrected chi connectivity index (χ2v) is 7.98. The van der Waals surface area contributed by atoms with E-state index in [1.165, 1.54) is 12.0 Å². The highest BCUT2D eigenvalue weighted by atomic mass is 35.5. The lowest BCUT2D eigenvalue weighted by atomic mass is 9.73. The van der Waals surface area contributed by atoms with E-state index in [-0.39, 0.29) is 17.7 Å². The zero-order chi connectivity index (χ0) is 22.9. The molecule has 7 heteroatoms. The van der Waals surface area contributed by atoms with E-state index in [0.29, 0.717) is 10.7 Å². The Kier molecular flexibility index (Phi) is 5.77. The van der Waals surface area contributed by atoms with Crippen molar-refractivity contribution in [3.8, 4) is 0 Å². The fourth-order valence-corrected chi connectivity index (χ4v) is 4.32. The number of esters is 1. The Labute approximate surface area is 191 Å². The molecule has 164 valence electrons. The van der Waals surface area contributed by atoms with E-state index in [4.69, 9.17) is 21.1 Å². The summed E-state index contributed by atoms with van der Waals surface area (Å²) in [5, 5.41) is 12.6. The monoisotopic (exact) mass is 451 g/mol. The van der Waals surface area contributed by atoms with Crippen molar-refractivity contribution in [1.29, 1.82) is 0 Å². The van der Waals surface area contributed by atoms with Gasteiger partial charge in [-0.15, -0.1) is 0 Å². The van der Waals surface area contributed by atoms with Crippen LogP contribution >= 0.6 is 11.6 Å². The number of likely N-dealkylation sites (N-methyl/N-ethyl adjacent to an activating group) is 1. The molecule has 3 aromatic rings. The van der Waals surface area contributed by atoms with Gasteiger partial charge in [-0.1, -0.05) is 72.3 Å². The number of carbonyl (C=O) groups is 2. The summed E-state index contributed by atoms with van der Waals surface area (Å²) in [5.74, 6) is -1.61. The number of fused-ring (bicyclic) bond motifs is 1. The largest absolute Gasteiger partial charge is 0.467 e. The molecule has 0 aromatic heterocycles. The van der Waals surface area contributed by atoms with Crippen molar-refractivity contribution in [3.05, 3.63) is 101 Å². The predicted octanol–water partition coefficient (Wildman–Crippen LogP) is 3.79. The number of halogens is 1. The van der Waals surface area contributed by atoms with Gasteiger partial charge in [0.25, 0.3) is 5.91 Å². The van der Waals surface area contributed by atoms with Crippen LogP contribution in [0.15, 0.2) is 78.9 Å². The number of hydrogen-bond donors (Lipinski definition) is 1. The predicted molar refractivity (Wildman–Crippen MR) is 120 cm³/mol. The number of para-hydroxylation sites is 1. The third-order valence-corrected chi connectivity index (χ3v) is 6.05. The molecule has 1 amide bonds. The van der Waals surface area contributed by atoms with Crippen LogP contribution in [0.3, 0.4) is 0 Å². The molecule has 0 bridgehead atoms. The quantitative estimate of drug-likeness (QED) is 0.577. The van der Waals surface area contributed by atoms with Gasteiger partial charge in [-0.3, -0.25) is 4.79 Å².